The quantitative estimate of drug-likeness (QED) is 0.271. The predicted octanol–water partition coefficient (Wildman–Crippen LogP) is 0.956. The Morgan fingerprint density at radius 3 is 0.381 bits per heavy atom. The summed E-state index contributed by atoms with van der Waals surface area (Å²) in [6.07, 6.45) is -9.17. The van der Waals surface area contributed by atoms with E-state index in [0.29, 0.717) is 0 Å². The van der Waals surface area contributed by atoms with Crippen molar-refractivity contribution >= 4 is 68.5 Å². The molecule has 0 atom stereocenters. The molecule has 10 N–H and O–H groups in total. The van der Waals surface area contributed by atoms with Gasteiger partial charge in [0.15, 0.2) is 0 Å². The minimum absolute atomic E-state index is 0. The van der Waals surface area contributed by atoms with Gasteiger partial charge in [0.1, 0.15) is 0 Å². The standard InChI is InChI=1S/5CH2O3.Ca.2H/c5*2-1(3)4;;;/h5*(H2,2,3,4);;;/q;;;;;+2;2*-1. The monoisotopic (exact) mass is 352 g/mol. The number of carboxylic acid groups (broad SMARTS) is 10. The Hall–Kier alpha value is -2.39. The van der Waals surface area contributed by atoms with E-state index in [1.165, 1.54) is 0 Å². The van der Waals surface area contributed by atoms with Crippen LogP contribution in [0.5, 0.6) is 0 Å². The molecule has 0 rings (SSSR count). The molecule has 0 aliphatic heterocycles. The van der Waals surface area contributed by atoms with Crippen molar-refractivity contribution in [3.05, 3.63) is 0 Å². The molecule has 0 saturated carbocycles. The zero-order valence-corrected chi connectivity index (χ0v) is 11.9. The average Bonchev–Trinajstić information content (AvgIpc) is 1.94. The van der Waals surface area contributed by atoms with Crippen LogP contribution in [0.3, 0.4) is 0 Å². The largest absolute Gasteiger partial charge is 2.00 e. The smallest absolute Gasteiger partial charge is 1.00 e. The van der Waals surface area contributed by atoms with Crippen LogP contribution in [0.4, 0.5) is 24.0 Å². The van der Waals surface area contributed by atoms with Gasteiger partial charge in [-0.1, -0.05) is 0 Å². The van der Waals surface area contributed by atoms with Crippen molar-refractivity contribution in [3.8, 4) is 0 Å². The van der Waals surface area contributed by atoms with Gasteiger partial charge in [0.2, 0.25) is 0 Å². The third kappa shape index (κ3) is 751. The molecule has 21 heavy (non-hydrogen) atoms. The summed E-state index contributed by atoms with van der Waals surface area (Å²) < 4.78 is 0. The van der Waals surface area contributed by atoms with E-state index in [2.05, 4.69) is 0 Å². The number of hydrogen-bond donors (Lipinski definition) is 10. The topological polar surface area (TPSA) is 288 Å². The molecular weight excluding hydrogens is 340 g/mol. The summed E-state index contributed by atoms with van der Waals surface area (Å²) in [4.78, 5) is 42.8. The second-order valence-corrected chi connectivity index (χ2v) is 1.41. The molecule has 0 aliphatic carbocycles. The van der Waals surface area contributed by atoms with Gasteiger partial charge in [-0.05, 0) is 0 Å². The van der Waals surface area contributed by atoms with E-state index in [1.54, 1.807) is 0 Å². The Kier molecular flexibility index (Phi) is 52.8. The summed E-state index contributed by atoms with van der Waals surface area (Å²) in [5, 5.41) is 69.7. The van der Waals surface area contributed by atoms with Gasteiger partial charge in [-0.25, -0.2) is 24.0 Å². The zero-order valence-electron chi connectivity index (χ0n) is 11.7. The molecule has 15 nitrogen and oxygen atoms in total. The molecule has 0 radical (unpaired) electrons. The third-order valence-electron chi connectivity index (χ3n) is 0. The summed E-state index contributed by atoms with van der Waals surface area (Å²) in [7, 11) is 0. The first-order valence-corrected chi connectivity index (χ1v) is 3.26. The molecule has 0 saturated heterocycles. The van der Waals surface area contributed by atoms with Crippen molar-refractivity contribution in [2.45, 2.75) is 0 Å². The minimum atomic E-state index is -1.83. The summed E-state index contributed by atoms with van der Waals surface area (Å²) in [5.74, 6) is 0. The van der Waals surface area contributed by atoms with Crippen LogP contribution in [-0.2, 0) is 0 Å². The first kappa shape index (κ1) is 36.3. The van der Waals surface area contributed by atoms with Crippen molar-refractivity contribution in [2.24, 2.45) is 0 Å². The van der Waals surface area contributed by atoms with Crippen LogP contribution in [0.25, 0.3) is 0 Å². The summed E-state index contributed by atoms with van der Waals surface area (Å²) in [5.41, 5.74) is 0. The molecular formula is C5H12CaO15. The molecule has 0 fully saturated rings. The first-order chi connectivity index (χ1) is 8.66. The number of hydrogen-bond acceptors (Lipinski definition) is 5. The van der Waals surface area contributed by atoms with E-state index in [-0.39, 0.29) is 40.6 Å². The normalized spacial score (nSPS) is 5.71. The molecule has 0 bridgehead atoms. The van der Waals surface area contributed by atoms with Crippen LogP contribution >= 0.6 is 0 Å². The van der Waals surface area contributed by atoms with Crippen LogP contribution in [-0.4, -0.2) is 120 Å². The second kappa shape index (κ2) is 30.6. The number of rotatable bonds is 0. The third-order valence-corrected chi connectivity index (χ3v) is 0. The van der Waals surface area contributed by atoms with E-state index in [4.69, 9.17) is 75.0 Å². The molecule has 0 heterocycles. The van der Waals surface area contributed by atoms with Gasteiger partial charge in [-0.2, -0.15) is 0 Å². The molecule has 0 unspecified atom stereocenters. The maximum absolute atomic E-state index is 8.56. The predicted molar refractivity (Wildman–Crippen MR) is 61.2 cm³/mol. The zero-order chi connectivity index (χ0) is 17.9. The van der Waals surface area contributed by atoms with E-state index >= 15 is 0 Å². The van der Waals surface area contributed by atoms with Gasteiger partial charge >= 0.3 is 68.5 Å². The van der Waals surface area contributed by atoms with Crippen molar-refractivity contribution in [2.75, 3.05) is 0 Å². The molecule has 124 valence electrons. The molecule has 16 heteroatoms. The fraction of sp³-hybridized carbons (Fsp3) is 0. The van der Waals surface area contributed by atoms with Gasteiger partial charge in [0.05, 0.1) is 0 Å². The van der Waals surface area contributed by atoms with Crippen LogP contribution in [0, 0.1) is 0 Å². The van der Waals surface area contributed by atoms with E-state index in [9.17, 15) is 0 Å². The fourth-order valence-corrected chi connectivity index (χ4v) is 0. The molecule has 0 aromatic carbocycles. The molecule has 0 aliphatic rings. The van der Waals surface area contributed by atoms with Gasteiger partial charge < -0.3 is 53.9 Å². The maximum atomic E-state index is 8.56. The van der Waals surface area contributed by atoms with Gasteiger partial charge in [-0.15, -0.1) is 0 Å². The van der Waals surface area contributed by atoms with Gasteiger partial charge in [0.25, 0.3) is 0 Å². The van der Waals surface area contributed by atoms with Crippen LogP contribution < -0.4 is 0 Å². The Morgan fingerprint density at radius 1 is 0.381 bits per heavy atom. The van der Waals surface area contributed by atoms with Gasteiger partial charge in [0, 0.05) is 0 Å². The first-order valence-electron chi connectivity index (χ1n) is 3.26. The van der Waals surface area contributed by atoms with Crippen molar-refractivity contribution in [1.82, 2.24) is 0 Å². The molecule has 0 aromatic heterocycles. The Bertz CT molecular complexity index is 217. The summed E-state index contributed by atoms with van der Waals surface area (Å²) in [6.45, 7) is 0. The summed E-state index contributed by atoms with van der Waals surface area (Å²) >= 11 is 0. The molecule has 0 amide bonds. The van der Waals surface area contributed by atoms with Crippen molar-refractivity contribution in [1.29, 1.82) is 0 Å². The van der Waals surface area contributed by atoms with E-state index in [1.807, 2.05) is 0 Å². The van der Waals surface area contributed by atoms with E-state index in [0.717, 1.165) is 0 Å². The van der Waals surface area contributed by atoms with Crippen LogP contribution in [0.1, 0.15) is 2.85 Å². The maximum Gasteiger partial charge on any atom is 2.00 e. The van der Waals surface area contributed by atoms with E-state index < -0.39 is 30.8 Å². The average molecular weight is 352 g/mol. The SMILES string of the molecule is O=C(O)O.O=C(O)O.O=C(O)O.O=C(O)O.O=C(O)O.[Ca+2].[H-].[H-]. The second-order valence-electron chi connectivity index (χ2n) is 1.41. The molecule has 0 aromatic rings. The Balaban J connectivity index is -0.0000000197. The molecule has 0 spiro atoms. The van der Waals surface area contributed by atoms with Crippen LogP contribution in [0.2, 0.25) is 0 Å². The number of carbonyl (C=O) groups is 5. The van der Waals surface area contributed by atoms with Crippen molar-refractivity contribution < 1.29 is 77.9 Å². The Morgan fingerprint density at radius 2 is 0.381 bits per heavy atom. The van der Waals surface area contributed by atoms with Crippen LogP contribution in [0.15, 0.2) is 0 Å². The Labute approximate surface area is 146 Å². The fourth-order valence-electron chi connectivity index (χ4n) is 0. The van der Waals surface area contributed by atoms with Crippen molar-refractivity contribution in [3.63, 3.8) is 0 Å². The minimum Gasteiger partial charge on any atom is -1.00 e. The summed E-state index contributed by atoms with van der Waals surface area (Å²) in [6, 6.07) is 0. The van der Waals surface area contributed by atoms with Gasteiger partial charge in [-0.3, -0.25) is 0 Å².